The van der Waals surface area contributed by atoms with Crippen LogP contribution in [0.15, 0.2) is 24.3 Å². The highest BCUT2D eigenvalue weighted by atomic mass is 19.1. The Morgan fingerprint density at radius 1 is 1.12 bits per heavy atom. The molecule has 0 bridgehead atoms. The number of halogens is 1. The summed E-state index contributed by atoms with van der Waals surface area (Å²) in [4.78, 5) is 14.6. The van der Waals surface area contributed by atoms with E-state index < -0.39 is 11.9 Å². The number of aliphatic hydroxyl groups excluding tert-OH is 1. The number of hydrogen-bond donors (Lipinski definition) is 2. The monoisotopic (exact) mass is 440 g/mol. The Hall–Kier alpha value is -2.75. The molecule has 4 atom stereocenters. The molecule has 0 saturated carbocycles. The van der Waals surface area contributed by atoms with Gasteiger partial charge in [-0.1, -0.05) is 0 Å². The topological polar surface area (TPSA) is 92.7 Å². The van der Waals surface area contributed by atoms with Crippen molar-refractivity contribution < 1.29 is 23.7 Å². The maximum Gasteiger partial charge on any atom is 0.193 e. The highest BCUT2D eigenvalue weighted by Gasteiger charge is 2.48. The van der Waals surface area contributed by atoms with E-state index in [1.165, 1.54) is 18.9 Å². The number of anilines is 1. The van der Waals surface area contributed by atoms with E-state index in [-0.39, 0.29) is 30.6 Å². The van der Waals surface area contributed by atoms with Crippen LogP contribution >= 0.6 is 0 Å². The summed E-state index contributed by atoms with van der Waals surface area (Å²) in [6.07, 6.45) is 0.676. The molecule has 0 aliphatic carbocycles. The lowest BCUT2D eigenvalue weighted by Crippen LogP contribution is -2.34. The molecule has 3 saturated heterocycles. The summed E-state index contributed by atoms with van der Waals surface area (Å²) in [6.45, 7) is 4.46. The molecule has 8 nitrogen and oxygen atoms in total. The van der Waals surface area contributed by atoms with Crippen molar-refractivity contribution in [1.29, 1.82) is 0 Å². The number of nitrogens with zero attached hydrogens (tertiary/aromatic N) is 3. The van der Waals surface area contributed by atoms with Crippen LogP contribution in [0.1, 0.15) is 18.5 Å². The third-order valence-corrected chi connectivity index (χ3v) is 6.55. The fraction of sp³-hybridized carbons (Fsp3) is 0.478. The zero-order chi connectivity index (χ0) is 21.8. The number of pyridine rings is 2. The predicted molar refractivity (Wildman–Crippen MR) is 115 cm³/mol. The normalized spacial score (nSPS) is 27.4. The molecule has 3 fully saturated rings. The van der Waals surface area contributed by atoms with Gasteiger partial charge in [-0.25, -0.2) is 14.4 Å². The first-order valence-corrected chi connectivity index (χ1v) is 11.1. The average Bonchev–Trinajstić information content (AvgIpc) is 3.55. The Labute approximate surface area is 184 Å². The maximum absolute atomic E-state index is 15.0. The Balaban J connectivity index is 1.27. The first-order chi connectivity index (χ1) is 15.6. The van der Waals surface area contributed by atoms with Crippen molar-refractivity contribution in [2.24, 2.45) is 0 Å². The number of hydrogen-bond acceptors (Lipinski definition) is 7. The van der Waals surface area contributed by atoms with Gasteiger partial charge in [-0.3, -0.25) is 0 Å². The smallest absolute Gasteiger partial charge is 0.193 e. The van der Waals surface area contributed by atoms with Crippen molar-refractivity contribution in [2.75, 3.05) is 31.2 Å². The molecule has 3 aromatic rings. The predicted octanol–water partition coefficient (Wildman–Crippen LogP) is 2.58. The Morgan fingerprint density at radius 3 is 2.75 bits per heavy atom. The van der Waals surface area contributed by atoms with Crippen LogP contribution in [-0.2, 0) is 9.47 Å². The van der Waals surface area contributed by atoms with Gasteiger partial charge < -0.3 is 29.2 Å². The zero-order valence-electron chi connectivity index (χ0n) is 17.8. The van der Waals surface area contributed by atoms with E-state index in [4.69, 9.17) is 19.2 Å². The van der Waals surface area contributed by atoms with Crippen molar-refractivity contribution in [3.8, 4) is 17.1 Å². The number of aryl methyl sites for hydroxylation is 1. The second kappa shape index (κ2) is 7.68. The quantitative estimate of drug-likeness (QED) is 0.644. The molecule has 3 unspecified atom stereocenters. The third kappa shape index (κ3) is 3.32. The molecule has 6 heterocycles. The molecule has 32 heavy (non-hydrogen) atoms. The molecular formula is C23H25FN4O4. The average molecular weight is 440 g/mol. The van der Waals surface area contributed by atoms with Gasteiger partial charge in [0.05, 0.1) is 24.2 Å². The van der Waals surface area contributed by atoms with Gasteiger partial charge in [0, 0.05) is 36.5 Å². The number of fused-ring (bicyclic) bond motifs is 2. The van der Waals surface area contributed by atoms with Crippen molar-refractivity contribution >= 4 is 16.9 Å². The van der Waals surface area contributed by atoms with E-state index >= 15 is 0 Å². The minimum Gasteiger partial charge on any atom is -0.470 e. The van der Waals surface area contributed by atoms with Crippen molar-refractivity contribution in [2.45, 2.75) is 44.2 Å². The number of aliphatic hydroxyl groups is 1. The minimum absolute atomic E-state index is 0.238. The lowest BCUT2D eigenvalue weighted by molar-refractivity contribution is 0.00794. The van der Waals surface area contributed by atoms with E-state index in [9.17, 15) is 9.50 Å². The zero-order valence-corrected chi connectivity index (χ0v) is 17.8. The molecule has 9 heteroatoms. The van der Waals surface area contributed by atoms with Crippen LogP contribution in [0.4, 0.5) is 10.2 Å². The highest BCUT2D eigenvalue weighted by Crippen LogP contribution is 2.33. The molecule has 3 aromatic heterocycles. The van der Waals surface area contributed by atoms with Gasteiger partial charge in [-0.15, -0.1) is 0 Å². The van der Waals surface area contributed by atoms with Crippen LogP contribution in [0.2, 0.25) is 0 Å². The van der Waals surface area contributed by atoms with Crippen LogP contribution in [0.5, 0.6) is 5.88 Å². The molecule has 2 N–H and O–H groups in total. The summed E-state index contributed by atoms with van der Waals surface area (Å²) in [6, 6.07) is 7.02. The van der Waals surface area contributed by atoms with Crippen molar-refractivity contribution in [3.63, 3.8) is 0 Å². The van der Waals surface area contributed by atoms with Gasteiger partial charge in [0.1, 0.15) is 29.8 Å². The van der Waals surface area contributed by atoms with E-state index in [2.05, 4.69) is 14.9 Å². The number of rotatable bonds is 4. The molecule has 6 rings (SSSR count). The maximum atomic E-state index is 15.0. The van der Waals surface area contributed by atoms with Gasteiger partial charge in [-0.05, 0) is 31.9 Å². The standard InChI is InChI=1S/C23H25FN4O4/c1-12-13(4-5-19(25-12)28-6-2-3-7-28)21-14(24)8-15-16(27-21)9-20(26-15)32-18-11-31-22-17(29)10-30-23(18)22/h4-5,8-9,17-18,22-23,26,29H,2-3,6-7,10-11H2,1H3/t17?,18?,22?,23-/m1/s1. The molecule has 0 amide bonds. The number of aromatic amines is 1. The molecule has 3 aliphatic rings. The third-order valence-electron chi connectivity index (χ3n) is 6.55. The fourth-order valence-electron chi connectivity index (χ4n) is 4.89. The van der Waals surface area contributed by atoms with E-state index in [1.807, 2.05) is 19.1 Å². The van der Waals surface area contributed by atoms with Crippen LogP contribution in [0.25, 0.3) is 22.3 Å². The molecular weight excluding hydrogens is 415 g/mol. The summed E-state index contributed by atoms with van der Waals surface area (Å²) in [5.41, 5.74) is 2.84. The number of aromatic nitrogens is 3. The first kappa shape index (κ1) is 19.9. The summed E-state index contributed by atoms with van der Waals surface area (Å²) in [5.74, 6) is 0.970. The number of H-pyrrole nitrogens is 1. The van der Waals surface area contributed by atoms with E-state index in [1.54, 1.807) is 6.07 Å². The molecule has 168 valence electrons. The van der Waals surface area contributed by atoms with E-state index in [0.717, 1.165) is 24.6 Å². The van der Waals surface area contributed by atoms with Crippen LogP contribution in [0, 0.1) is 12.7 Å². The lowest BCUT2D eigenvalue weighted by Gasteiger charge is -2.17. The summed E-state index contributed by atoms with van der Waals surface area (Å²) in [5, 5.41) is 9.90. The minimum atomic E-state index is -0.636. The van der Waals surface area contributed by atoms with Gasteiger partial charge in [0.2, 0.25) is 0 Å². The Morgan fingerprint density at radius 2 is 1.94 bits per heavy atom. The van der Waals surface area contributed by atoms with Crippen molar-refractivity contribution in [1.82, 2.24) is 15.0 Å². The first-order valence-electron chi connectivity index (χ1n) is 11.1. The van der Waals surface area contributed by atoms with Gasteiger partial charge in [-0.2, -0.15) is 0 Å². The molecule has 0 aromatic carbocycles. The summed E-state index contributed by atoms with van der Waals surface area (Å²) < 4.78 is 32.2. The van der Waals surface area contributed by atoms with Crippen molar-refractivity contribution in [3.05, 3.63) is 35.8 Å². The fourth-order valence-corrected chi connectivity index (χ4v) is 4.89. The Kier molecular flexibility index (Phi) is 4.78. The van der Waals surface area contributed by atoms with E-state index in [0.29, 0.717) is 29.1 Å². The summed E-state index contributed by atoms with van der Waals surface area (Å²) >= 11 is 0. The lowest BCUT2D eigenvalue weighted by atomic mass is 10.1. The second-order valence-corrected chi connectivity index (χ2v) is 8.70. The van der Waals surface area contributed by atoms with Gasteiger partial charge in [0.15, 0.2) is 17.8 Å². The van der Waals surface area contributed by atoms with Gasteiger partial charge in [0.25, 0.3) is 0 Å². The largest absolute Gasteiger partial charge is 0.470 e. The van der Waals surface area contributed by atoms with Crippen LogP contribution in [-0.4, -0.2) is 70.8 Å². The second-order valence-electron chi connectivity index (χ2n) is 8.70. The number of ether oxygens (including phenoxy) is 3. The molecule has 3 aliphatic heterocycles. The van der Waals surface area contributed by atoms with Crippen LogP contribution in [0.3, 0.4) is 0 Å². The Bertz CT molecular complexity index is 1160. The molecule has 0 radical (unpaired) electrons. The SMILES string of the molecule is Cc1nc(N2CCCC2)ccc1-c1nc2cc(OC3COC4C(O)CO[C@H]34)[nH]c2cc1F. The van der Waals surface area contributed by atoms with Gasteiger partial charge >= 0.3 is 0 Å². The highest BCUT2D eigenvalue weighted by molar-refractivity contribution is 5.81. The molecule has 0 spiro atoms. The summed E-state index contributed by atoms with van der Waals surface area (Å²) in [7, 11) is 0. The van der Waals surface area contributed by atoms with Crippen LogP contribution < -0.4 is 9.64 Å². The number of nitrogens with one attached hydrogen (secondary N) is 1.